The average molecular weight is 351 g/mol. The zero-order valence-electron chi connectivity index (χ0n) is 12.8. The molecule has 1 saturated heterocycles. The smallest absolute Gasteiger partial charge is 0.405 e. The van der Waals surface area contributed by atoms with Crippen molar-refractivity contribution < 1.29 is 22.1 Å². The molecule has 0 bridgehead atoms. The molecule has 0 aromatic carbocycles. The molecule has 1 aliphatic rings. The standard InChI is InChI=1S/C15H12F3N5O2/c16-15(17,18)14(4-6-23(8-14)11-3-1-2-5-19-11)13-21-12(22-25-13)10-7-24-9-20-10/h1-3,5,7,9H,4,6,8H2. The Morgan fingerprint density at radius 1 is 1.20 bits per heavy atom. The lowest BCUT2D eigenvalue weighted by Crippen LogP contribution is -2.45. The minimum Gasteiger partial charge on any atom is -0.451 e. The molecule has 1 unspecified atom stereocenters. The summed E-state index contributed by atoms with van der Waals surface area (Å²) < 4.78 is 51.6. The van der Waals surface area contributed by atoms with Gasteiger partial charge in [-0.3, -0.25) is 0 Å². The predicted molar refractivity (Wildman–Crippen MR) is 78.6 cm³/mol. The van der Waals surface area contributed by atoms with Gasteiger partial charge in [-0.15, -0.1) is 0 Å². The summed E-state index contributed by atoms with van der Waals surface area (Å²) >= 11 is 0. The van der Waals surface area contributed by atoms with Crippen LogP contribution in [0.5, 0.6) is 0 Å². The molecule has 3 aromatic rings. The van der Waals surface area contributed by atoms with Crippen molar-refractivity contribution in [1.82, 2.24) is 20.1 Å². The van der Waals surface area contributed by atoms with Crippen LogP contribution in [0.25, 0.3) is 11.5 Å². The van der Waals surface area contributed by atoms with Crippen LogP contribution < -0.4 is 4.90 Å². The van der Waals surface area contributed by atoms with Crippen LogP contribution >= 0.6 is 0 Å². The van der Waals surface area contributed by atoms with E-state index in [-0.39, 0.29) is 31.0 Å². The molecule has 7 nitrogen and oxygen atoms in total. The number of nitrogens with zero attached hydrogens (tertiary/aromatic N) is 5. The SMILES string of the molecule is FC(F)(F)C1(c2nc(-c3cocn3)no2)CCN(c2ccccn2)C1. The molecule has 4 heterocycles. The van der Waals surface area contributed by atoms with Crippen molar-refractivity contribution in [3.63, 3.8) is 0 Å². The first-order valence-electron chi connectivity index (χ1n) is 7.45. The van der Waals surface area contributed by atoms with E-state index in [1.807, 2.05) is 0 Å². The van der Waals surface area contributed by atoms with E-state index >= 15 is 0 Å². The molecule has 3 aromatic heterocycles. The molecule has 0 aliphatic carbocycles. The van der Waals surface area contributed by atoms with E-state index < -0.39 is 17.5 Å². The molecule has 4 rings (SSSR count). The number of hydrogen-bond acceptors (Lipinski definition) is 7. The molecular weight excluding hydrogens is 339 g/mol. The van der Waals surface area contributed by atoms with Crippen LogP contribution in [0.15, 0.2) is 46.0 Å². The summed E-state index contributed by atoms with van der Waals surface area (Å²) in [6.45, 7) is -0.161. The molecule has 10 heteroatoms. The average Bonchev–Trinajstić information content (AvgIpc) is 3.33. The number of oxazole rings is 1. The Hall–Kier alpha value is -2.91. The summed E-state index contributed by atoms with van der Waals surface area (Å²) in [6, 6.07) is 5.10. The predicted octanol–water partition coefficient (Wildman–Crippen LogP) is 2.83. The van der Waals surface area contributed by atoms with E-state index in [0.717, 1.165) is 6.39 Å². The molecule has 0 N–H and O–H groups in total. The number of pyridine rings is 1. The molecule has 0 amide bonds. The van der Waals surface area contributed by atoms with Crippen LogP contribution in [0.3, 0.4) is 0 Å². The summed E-state index contributed by atoms with van der Waals surface area (Å²) in [5.74, 6) is -0.0371. The van der Waals surface area contributed by atoms with Gasteiger partial charge >= 0.3 is 6.18 Å². The summed E-state index contributed by atoms with van der Waals surface area (Å²) in [7, 11) is 0. The first kappa shape index (κ1) is 15.6. The van der Waals surface area contributed by atoms with Crippen LogP contribution in [-0.2, 0) is 5.41 Å². The molecule has 1 atom stereocenters. The number of anilines is 1. The summed E-state index contributed by atoms with van der Waals surface area (Å²) in [5, 5.41) is 3.62. The van der Waals surface area contributed by atoms with Gasteiger partial charge < -0.3 is 13.8 Å². The van der Waals surface area contributed by atoms with Gasteiger partial charge in [0.05, 0.1) is 0 Å². The van der Waals surface area contributed by atoms with Crippen molar-refractivity contribution in [2.45, 2.75) is 18.0 Å². The van der Waals surface area contributed by atoms with Gasteiger partial charge in [0.2, 0.25) is 11.7 Å². The summed E-state index contributed by atoms with van der Waals surface area (Å²) in [4.78, 5) is 13.4. The maximum absolute atomic E-state index is 13.9. The summed E-state index contributed by atoms with van der Waals surface area (Å²) in [5.41, 5.74) is -2.04. The fourth-order valence-electron chi connectivity index (χ4n) is 2.92. The van der Waals surface area contributed by atoms with Gasteiger partial charge in [-0.2, -0.15) is 18.2 Å². The van der Waals surface area contributed by atoms with Gasteiger partial charge in [0.25, 0.3) is 0 Å². The maximum Gasteiger partial charge on any atom is 0.405 e. The molecule has 0 radical (unpaired) electrons. The van der Waals surface area contributed by atoms with Gasteiger partial charge in [0.15, 0.2) is 11.8 Å². The normalized spacial score (nSPS) is 21.0. The molecule has 0 saturated carbocycles. The van der Waals surface area contributed by atoms with Crippen LogP contribution in [-0.4, -0.2) is 39.4 Å². The second-order valence-electron chi connectivity index (χ2n) is 5.74. The van der Waals surface area contributed by atoms with E-state index in [2.05, 4.69) is 20.1 Å². The lowest BCUT2D eigenvalue weighted by molar-refractivity contribution is -0.191. The highest BCUT2D eigenvalue weighted by molar-refractivity contribution is 5.46. The number of aromatic nitrogens is 4. The van der Waals surface area contributed by atoms with Gasteiger partial charge in [-0.25, -0.2) is 9.97 Å². The van der Waals surface area contributed by atoms with Crippen molar-refractivity contribution in [3.05, 3.63) is 42.9 Å². The topological polar surface area (TPSA) is 81.1 Å². The highest BCUT2D eigenvalue weighted by Crippen LogP contribution is 2.47. The van der Waals surface area contributed by atoms with Crippen LogP contribution in [0.2, 0.25) is 0 Å². The third-order valence-electron chi connectivity index (χ3n) is 4.28. The molecular formula is C15H12F3N5O2. The number of hydrogen-bond donors (Lipinski definition) is 0. The fourth-order valence-corrected chi connectivity index (χ4v) is 2.92. The van der Waals surface area contributed by atoms with Crippen LogP contribution in [0.1, 0.15) is 12.3 Å². The van der Waals surface area contributed by atoms with Crippen molar-refractivity contribution in [3.8, 4) is 11.5 Å². The Labute approximate surface area is 139 Å². The van der Waals surface area contributed by atoms with Crippen LogP contribution in [0.4, 0.5) is 19.0 Å². The molecule has 130 valence electrons. The Balaban J connectivity index is 1.70. The van der Waals surface area contributed by atoms with E-state index in [1.165, 1.54) is 12.5 Å². The van der Waals surface area contributed by atoms with Crippen molar-refractivity contribution in [2.75, 3.05) is 18.0 Å². The van der Waals surface area contributed by atoms with E-state index in [0.29, 0.717) is 5.82 Å². The Kier molecular flexibility index (Phi) is 3.48. The quantitative estimate of drug-likeness (QED) is 0.718. The lowest BCUT2D eigenvalue weighted by Gasteiger charge is -2.28. The van der Waals surface area contributed by atoms with E-state index in [1.54, 1.807) is 23.1 Å². The third-order valence-corrected chi connectivity index (χ3v) is 4.28. The fraction of sp³-hybridized carbons (Fsp3) is 0.333. The highest BCUT2D eigenvalue weighted by Gasteiger charge is 2.63. The van der Waals surface area contributed by atoms with Gasteiger partial charge in [0.1, 0.15) is 17.8 Å². The van der Waals surface area contributed by atoms with Crippen LogP contribution in [0, 0.1) is 0 Å². The zero-order valence-corrected chi connectivity index (χ0v) is 12.8. The largest absolute Gasteiger partial charge is 0.451 e. The number of halogens is 3. The second kappa shape index (κ2) is 5.57. The number of alkyl halides is 3. The monoisotopic (exact) mass is 351 g/mol. The minimum atomic E-state index is -4.55. The first-order chi connectivity index (χ1) is 12.0. The maximum atomic E-state index is 13.9. The van der Waals surface area contributed by atoms with Crippen molar-refractivity contribution in [1.29, 1.82) is 0 Å². The Morgan fingerprint density at radius 2 is 2.08 bits per heavy atom. The van der Waals surface area contributed by atoms with Gasteiger partial charge in [-0.1, -0.05) is 11.2 Å². The molecule has 25 heavy (non-hydrogen) atoms. The van der Waals surface area contributed by atoms with E-state index in [9.17, 15) is 13.2 Å². The van der Waals surface area contributed by atoms with Crippen molar-refractivity contribution >= 4 is 5.82 Å². The number of rotatable bonds is 3. The lowest BCUT2D eigenvalue weighted by atomic mass is 9.86. The third kappa shape index (κ3) is 2.53. The molecule has 0 spiro atoms. The molecule has 1 fully saturated rings. The summed E-state index contributed by atoms with van der Waals surface area (Å²) in [6.07, 6.45) is -0.830. The Morgan fingerprint density at radius 3 is 2.76 bits per heavy atom. The van der Waals surface area contributed by atoms with E-state index in [4.69, 9.17) is 8.94 Å². The van der Waals surface area contributed by atoms with Gasteiger partial charge in [-0.05, 0) is 18.6 Å². The first-order valence-corrected chi connectivity index (χ1v) is 7.45. The second-order valence-corrected chi connectivity index (χ2v) is 5.74. The van der Waals surface area contributed by atoms with Crippen molar-refractivity contribution in [2.24, 2.45) is 0 Å². The zero-order chi connectivity index (χ0) is 17.5. The van der Waals surface area contributed by atoms with Gasteiger partial charge in [0, 0.05) is 19.3 Å². The molecule has 1 aliphatic heterocycles. The minimum absolute atomic E-state index is 0.0383. The highest BCUT2D eigenvalue weighted by atomic mass is 19.4. The Bertz CT molecular complexity index is 850.